The Bertz CT molecular complexity index is 1230. The summed E-state index contributed by atoms with van der Waals surface area (Å²) in [5, 5.41) is 9.38. The molecular weight excluding hydrogens is 380 g/mol. The number of anilines is 1. The summed E-state index contributed by atoms with van der Waals surface area (Å²) < 4.78 is 25.3. The first-order valence-corrected chi connectivity index (χ1v) is 9.98. The lowest BCUT2D eigenvalue weighted by Crippen LogP contribution is -2.23. The summed E-state index contributed by atoms with van der Waals surface area (Å²) in [5.41, 5.74) is 4.02. The Labute approximate surface area is 162 Å². The Morgan fingerprint density at radius 3 is 2.43 bits per heavy atom. The normalized spacial score (nSPS) is 13.8. The molecule has 144 valence electrons. The highest BCUT2D eigenvalue weighted by Gasteiger charge is 2.29. The summed E-state index contributed by atoms with van der Waals surface area (Å²) >= 11 is 0. The van der Waals surface area contributed by atoms with Crippen LogP contribution in [-0.2, 0) is 10.9 Å². The molecule has 1 fully saturated rings. The summed E-state index contributed by atoms with van der Waals surface area (Å²) in [6.45, 7) is 1.91. The van der Waals surface area contributed by atoms with Gasteiger partial charge < -0.3 is 5.11 Å². The van der Waals surface area contributed by atoms with Gasteiger partial charge in [0, 0.05) is 11.9 Å². The van der Waals surface area contributed by atoms with Gasteiger partial charge in [-0.25, -0.2) is 13.2 Å². The molecule has 0 bridgehead atoms. The smallest absolute Gasteiger partial charge is 0.341 e. The van der Waals surface area contributed by atoms with Gasteiger partial charge in [0.2, 0.25) is 10.9 Å². The molecule has 2 aromatic heterocycles. The highest BCUT2D eigenvalue weighted by atomic mass is 32.2. The highest BCUT2D eigenvalue weighted by molar-refractivity contribution is 7.73. The molecule has 3 aromatic rings. The fourth-order valence-electron chi connectivity index (χ4n) is 3.60. The van der Waals surface area contributed by atoms with Crippen molar-refractivity contribution in [3.63, 3.8) is 0 Å². The molecule has 1 aliphatic carbocycles. The van der Waals surface area contributed by atoms with Gasteiger partial charge in [-0.15, -0.1) is 0 Å². The van der Waals surface area contributed by atoms with Crippen molar-refractivity contribution in [3.8, 4) is 11.1 Å². The highest BCUT2D eigenvalue weighted by Crippen LogP contribution is 2.43. The number of pyridine rings is 2. The van der Waals surface area contributed by atoms with Gasteiger partial charge in [-0.1, -0.05) is 12.1 Å². The monoisotopic (exact) mass is 398 g/mol. The first-order valence-electron chi connectivity index (χ1n) is 8.80. The van der Waals surface area contributed by atoms with E-state index in [1.54, 1.807) is 36.5 Å². The SMILES string of the molecule is Cc1c(-c2ccc(N[SH](=O)=O)cc2)ccn2c(=O)c(C(=O)O)cc(C3CC3)c12. The number of carbonyl (C=O) groups is 1. The Hall–Kier alpha value is -3.13. The standard InChI is InChI=1S/C20H18N2O5S/c1-11-15(12-4-6-14(7-5-12)21-28(26)27)8-9-22-18(11)16(13-2-3-13)10-17(19(22)23)20(24)25/h4-10,13,28H,2-3H2,1H3,(H,24,25)(H,21,26,27). The quantitative estimate of drug-likeness (QED) is 0.573. The third-order valence-corrected chi connectivity index (χ3v) is 5.52. The van der Waals surface area contributed by atoms with E-state index < -0.39 is 22.4 Å². The molecular formula is C20H18N2O5S. The minimum Gasteiger partial charge on any atom is -0.477 e. The van der Waals surface area contributed by atoms with Crippen molar-refractivity contribution in [1.29, 1.82) is 0 Å². The van der Waals surface area contributed by atoms with Gasteiger partial charge in [0.1, 0.15) is 5.56 Å². The number of rotatable bonds is 5. The van der Waals surface area contributed by atoms with Gasteiger partial charge in [-0.3, -0.25) is 13.9 Å². The van der Waals surface area contributed by atoms with Gasteiger partial charge in [0.05, 0.1) is 5.52 Å². The topological polar surface area (TPSA) is 105 Å². The zero-order valence-electron chi connectivity index (χ0n) is 15.0. The number of hydrogen-bond acceptors (Lipinski definition) is 4. The third-order valence-electron chi connectivity index (χ3n) is 5.08. The van der Waals surface area contributed by atoms with Crippen LogP contribution >= 0.6 is 0 Å². The summed E-state index contributed by atoms with van der Waals surface area (Å²) in [6, 6.07) is 10.3. The van der Waals surface area contributed by atoms with Crippen molar-refractivity contribution < 1.29 is 18.3 Å². The number of thiol groups is 1. The van der Waals surface area contributed by atoms with E-state index in [4.69, 9.17) is 0 Å². The van der Waals surface area contributed by atoms with Gasteiger partial charge in [-0.05, 0) is 72.2 Å². The first kappa shape index (κ1) is 18.2. The van der Waals surface area contributed by atoms with Crippen LogP contribution in [0.1, 0.15) is 40.2 Å². The molecule has 2 N–H and O–H groups in total. The summed E-state index contributed by atoms with van der Waals surface area (Å²) in [5.74, 6) is -0.953. The molecule has 0 unspecified atom stereocenters. The third kappa shape index (κ3) is 3.16. The molecule has 1 aliphatic rings. The van der Waals surface area contributed by atoms with Crippen LogP contribution in [0.5, 0.6) is 0 Å². The minimum absolute atomic E-state index is 0.214. The van der Waals surface area contributed by atoms with Crippen LogP contribution in [0, 0.1) is 6.92 Å². The van der Waals surface area contributed by atoms with Gasteiger partial charge in [0.15, 0.2) is 0 Å². The molecule has 0 amide bonds. The van der Waals surface area contributed by atoms with Crippen molar-refractivity contribution in [3.05, 3.63) is 69.6 Å². The van der Waals surface area contributed by atoms with Gasteiger partial charge >= 0.3 is 5.97 Å². The molecule has 0 aliphatic heterocycles. The van der Waals surface area contributed by atoms with Crippen molar-refractivity contribution in [1.82, 2.24) is 4.40 Å². The Morgan fingerprint density at radius 1 is 1.18 bits per heavy atom. The molecule has 0 radical (unpaired) electrons. The molecule has 1 saturated carbocycles. The fourth-order valence-corrected chi connectivity index (χ4v) is 3.96. The molecule has 0 spiro atoms. The Morgan fingerprint density at radius 2 is 1.86 bits per heavy atom. The fraction of sp³-hybridized carbons (Fsp3) is 0.200. The molecule has 28 heavy (non-hydrogen) atoms. The largest absolute Gasteiger partial charge is 0.477 e. The average molecular weight is 398 g/mol. The van der Waals surface area contributed by atoms with Crippen LogP contribution in [0.15, 0.2) is 47.4 Å². The van der Waals surface area contributed by atoms with Crippen LogP contribution in [-0.4, -0.2) is 23.9 Å². The van der Waals surface area contributed by atoms with E-state index in [0.717, 1.165) is 40.6 Å². The van der Waals surface area contributed by atoms with Crippen LogP contribution in [0.25, 0.3) is 16.6 Å². The van der Waals surface area contributed by atoms with E-state index in [-0.39, 0.29) is 11.5 Å². The molecule has 2 heterocycles. The van der Waals surface area contributed by atoms with E-state index in [1.807, 2.05) is 6.92 Å². The Balaban J connectivity index is 1.91. The number of benzene rings is 1. The number of nitrogens with zero attached hydrogens (tertiary/aromatic N) is 1. The molecule has 4 rings (SSSR count). The summed E-state index contributed by atoms with van der Waals surface area (Å²) in [4.78, 5) is 24.1. The average Bonchev–Trinajstić information content (AvgIpc) is 3.48. The minimum atomic E-state index is -2.72. The van der Waals surface area contributed by atoms with Crippen molar-refractivity contribution in [2.45, 2.75) is 25.7 Å². The molecule has 8 heteroatoms. The van der Waals surface area contributed by atoms with Crippen molar-refractivity contribution in [2.75, 3.05) is 4.72 Å². The van der Waals surface area contributed by atoms with Crippen LogP contribution in [0.2, 0.25) is 0 Å². The number of aromatic nitrogens is 1. The van der Waals surface area contributed by atoms with Crippen LogP contribution < -0.4 is 10.3 Å². The molecule has 7 nitrogen and oxygen atoms in total. The van der Waals surface area contributed by atoms with E-state index >= 15 is 0 Å². The summed E-state index contributed by atoms with van der Waals surface area (Å²) in [6.07, 6.45) is 3.56. The Kier molecular flexibility index (Phi) is 4.43. The molecule has 1 aromatic carbocycles. The second-order valence-electron chi connectivity index (χ2n) is 6.92. The zero-order chi connectivity index (χ0) is 20.0. The van der Waals surface area contributed by atoms with E-state index in [9.17, 15) is 23.1 Å². The first-order chi connectivity index (χ1) is 13.4. The lowest BCUT2D eigenvalue weighted by molar-refractivity contribution is 0.0694. The predicted molar refractivity (Wildman–Crippen MR) is 107 cm³/mol. The van der Waals surface area contributed by atoms with Crippen molar-refractivity contribution >= 4 is 28.1 Å². The van der Waals surface area contributed by atoms with E-state index in [2.05, 4.69) is 4.72 Å². The lowest BCUT2D eigenvalue weighted by Gasteiger charge is -2.15. The maximum Gasteiger partial charge on any atom is 0.341 e. The second kappa shape index (κ2) is 6.79. The van der Waals surface area contributed by atoms with Crippen LogP contribution in [0.4, 0.5) is 5.69 Å². The maximum atomic E-state index is 12.6. The van der Waals surface area contributed by atoms with E-state index in [1.165, 1.54) is 10.5 Å². The zero-order valence-corrected chi connectivity index (χ0v) is 15.9. The van der Waals surface area contributed by atoms with Crippen molar-refractivity contribution in [2.24, 2.45) is 0 Å². The molecule has 0 atom stereocenters. The number of carboxylic acid groups (broad SMARTS) is 1. The number of aromatic carboxylic acids is 1. The lowest BCUT2D eigenvalue weighted by atomic mass is 9.96. The van der Waals surface area contributed by atoms with Gasteiger partial charge in [0.25, 0.3) is 5.56 Å². The number of nitrogens with one attached hydrogen (secondary N) is 1. The maximum absolute atomic E-state index is 12.6. The predicted octanol–water partition coefficient (Wildman–Crippen LogP) is 2.79. The summed E-state index contributed by atoms with van der Waals surface area (Å²) in [7, 11) is -2.72. The second-order valence-corrected chi connectivity index (χ2v) is 7.66. The number of hydrogen-bond donors (Lipinski definition) is 3. The molecule has 0 saturated heterocycles. The number of fused-ring (bicyclic) bond motifs is 1. The van der Waals surface area contributed by atoms with E-state index in [0.29, 0.717) is 5.69 Å². The van der Waals surface area contributed by atoms with Crippen LogP contribution in [0.3, 0.4) is 0 Å². The number of carboxylic acids is 1. The van der Waals surface area contributed by atoms with Gasteiger partial charge in [-0.2, -0.15) is 0 Å². The number of aryl methyl sites for hydroxylation is 1.